The van der Waals surface area contributed by atoms with Crippen LogP contribution in [0.15, 0.2) is 72.8 Å². The minimum Gasteiger partial charge on any atom is -0.488 e. The Morgan fingerprint density at radius 3 is 2.53 bits per heavy atom. The maximum atomic E-state index is 12.9. The summed E-state index contributed by atoms with van der Waals surface area (Å²) >= 11 is 1.51. The third-order valence-electron chi connectivity index (χ3n) is 4.82. The van der Waals surface area contributed by atoms with Gasteiger partial charge in [0.2, 0.25) is 0 Å². The summed E-state index contributed by atoms with van der Waals surface area (Å²) in [6, 6.07) is 19.9. The lowest BCUT2D eigenvalue weighted by Crippen LogP contribution is -2.05. The Hall–Kier alpha value is -3.32. The molecule has 1 heterocycles. The highest BCUT2D eigenvalue weighted by atomic mass is 32.1. The number of carbonyl (C=O) groups is 1. The molecule has 0 amide bonds. The number of hydrogen-bond donors (Lipinski definition) is 0. The number of ether oxygens (including phenoxy) is 2. The minimum atomic E-state index is -4.41. The van der Waals surface area contributed by atoms with Crippen LogP contribution < -0.4 is 4.74 Å². The zero-order valence-corrected chi connectivity index (χ0v) is 17.9. The summed E-state index contributed by atoms with van der Waals surface area (Å²) in [5.74, 6) is -0.206. The van der Waals surface area contributed by atoms with Gasteiger partial charge in [-0.15, -0.1) is 11.3 Å². The molecule has 32 heavy (non-hydrogen) atoms. The smallest absolute Gasteiger partial charge is 0.416 e. The summed E-state index contributed by atoms with van der Waals surface area (Å²) in [6.07, 6.45) is -4.41. The number of esters is 1. The zero-order valence-electron chi connectivity index (χ0n) is 17.1. The molecule has 0 radical (unpaired) electrons. The van der Waals surface area contributed by atoms with Crippen LogP contribution in [0.3, 0.4) is 0 Å². The first-order chi connectivity index (χ1) is 15.3. The predicted molar refractivity (Wildman–Crippen MR) is 119 cm³/mol. The van der Waals surface area contributed by atoms with Crippen LogP contribution in [-0.2, 0) is 17.5 Å². The molecule has 0 atom stereocenters. The quantitative estimate of drug-likeness (QED) is 0.285. The molecule has 3 nitrogen and oxygen atoms in total. The Kier molecular flexibility index (Phi) is 6.19. The highest BCUT2D eigenvalue weighted by molar-refractivity contribution is 7.19. The number of alkyl halides is 3. The summed E-state index contributed by atoms with van der Waals surface area (Å²) in [5, 5.41) is 0.997. The van der Waals surface area contributed by atoms with Gasteiger partial charge < -0.3 is 9.47 Å². The number of hydrogen-bond acceptors (Lipinski definition) is 4. The van der Waals surface area contributed by atoms with Gasteiger partial charge in [0.05, 0.1) is 17.7 Å². The van der Waals surface area contributed by atoms with Gasteiger partial charge in [-0.3, -0.25) is 0 Å². The van der Waals surface area contributed by atoms with Gasteiger partial charge in [0.15, 0.2) is 0 Å². The van der Waals surface area contributed by atoms with Crippen molar-refractivity contribution < 1.29 is 27.4 Å². The van der Waals surface area contributed by atoms with Crippen molar-refractivity contribution in [3.8, 4) is 16.9 Å². The van der Waals surface area contributed by atoms with E-state index in [1.807, 2.05) is 36.4 Å². The van der Waals surface area contributed by atoms with E-state index in [0.717, 1.165) is 38.2 Å². The molecular weight excluding hydrogens is 437 g/mol. The zero-order chi connectivity index (χ0) is 22.7. The second-order valence-corrected chi connectivity index (χ2v) is 8.19. The molecule has 0 fully saturated rings. The summed E-state index contributed by atoms with van der Waals surface area (Å²) in [5.41, 5.74) is 1.58. The topological polar surface area (TPSA) is 35.5 Å². The fourth-order valence-corrected chi connectivity index (χ4v) is 4.47. The molecule has 0 aliphatic rings. The van der Waals surface area contributed by atoms with Crippen molar-refractivity contribution in [3.05, 3.63) is 88.8 Å². The molecule has 0 aliphatic carbocycles. The van der Waals surface area contributed by atoms with E-state index in [4.69, 9.17) is 9.47 Å². The molecular formula is C25H19F3O3S. The average Bonchev–Trinajstić information content (AvgIpc) is 3.21. The molecule has 0 bridgehead atoms. The van der Waals surface area contributed by atoms with E-state index >= 15 is 0 Å². The monoisotopic (exact) mass is 456 g/mol. The number of thiophene rings is 1. The standard InChI is InChI=1S/C25H19F3O3S/c1-2-30-24(29)18-8-3-6-16(12-18)22-11-4-7-17-13-21(32-23(17)22)15-31-20-10-5-9-19(14-20)25(26,27)28/h3-14H,2,15H2,1H3. The van der Waals surface area contributed by atoms with Crippen LogP contribution in [0.4, 0.5) is 13.2 Å². The lowest BCUT2D eigenvalue weighted by Gasteiger charge is -2.09. The first-order valence-corrected chi connectivity index (χ1v) is 10.8. The molecule has 0 N–H and O–H groups in total. The average molecular weight is 456 g/mol. The number of carbonyl (C=O) groups excluding carboxylic acids is 1. The SMILES string of the molecule is CCOC(=O)c1cccc(-c2cccc3cc(COc4cccc(C(F)(F)F)c4)sc23)c1. The van der Waals surface area contributed by atoms with Crippen LogP contribution in [0.1, 0.15) is 27.7 Å². The van der Waals surface area contributed by atoms with Gasteiger partial charge in [-0.2, -0.15) is 13.2 Å². The second kappa shape index (κ2) is 9.04. The third-order valence-corrected chi connectivity index (χ3v) is 5.98. The summed E-state index contributed by atoms with van der Waals surface area (Å²) in [6.45, 7) is 2.22. The molecule has 0 unspecified atom stereocenters. The molecule has 0 saturated carbocycles. The maximum Gasteiger partial charge on any atom is 0.416 e. The highest BCUT2D eigenvalue weighted by Crippen LogP contribution is 2.36. The van der Waals surface area contributed by atoms with E-state index in [2.05, 4.69) is 0 Å². The van der Waals surface area contributed by atoms with Crippen LogP contribution in [0.25, 0.3) is 21.2 Å². The first-order valence-electron chi connectivity index (χ1n) is 9.94. The Bertz CT molecular complexity index is 1260. The van der Waals surface area contributed by atoms with Crippen molar-refractivity contribution in [2.75, 3.05) is 6.61 Å². The summed E-state index contributed by atoms with van der Waals surface area (Å²) in [4.78, 5) is 13.0. The van der Waals surface area contributed by atoms with Gasteiger partial charge in [0, 0.05) is 9.58 Å². The Morgan fingerprint density at radius 2 is 1.75 bits per heavy atom. The Balaban J connectivity index is 1.59. The van der Waals surface area contributed by atoms with E-state index in [9.17, 15) is 18.0 Å². The van der Waals surface area contributed by atoms with Crippen LogP contribution in [0.2, 0.25) is 0 Å². The lowest BCUT2D eigenvalue weighted by atomic mass is 10.0. The molecule has 4 aromatic rings. The summed E-state index contributed by atoms with van der Waals surface area (Å²) in [7, 11) is 0. The number of rotatable bonds is 6. The highest BCUT2D eigenvalue weighted by Gasteiger charge is 2.30. The molecule has 1 aromatic heterocycles. The van der Waals surface area contributed by atoms with E-state index in [1.165, 1.54) is 23.5 Å². The second-order valence-electron chi connectivity index (χ2n) is 7.05. The lowest BCUT2D eigenvalue weighted by molar-refractivity contribution is -0.137. The first kappa shape index (κ1) is 21.9. The van der Waals surface area contributed by atoms with Gasteiger partial charge in [0.1, 0.15) is 12.4 Å². The van der Waals surface area contributed by atoms with E-state index < -0.39 is 11.7 Å². The largest absolute Gasteiger partial charge is 0.488 e. The molecule has 4 rings (SSSR count). The van der Waals surface area contributed by atoms with Crippen LogP contribution in [-0.4, -0.2) is 12.6 Å². The molecule has 0 aliphatic heterocycles. The molecule has 164 valence electrons. The molecule has 7 heteroatoms. The van der Waals surface area contributed by atoms with Gasteiger partial charge in [-0.1, -0.05) is 36.4 Å². The third kappa shape index (κ3) is 4.78. The van der Waals surface area contributed by atoms with Gasteiger partial charge in [-0.05, 0) is 59.8 Å². The number of benzene rings is 3. The van der Waals surface area contributed by atoms with Crippen molar-refractivity contribution in [2.24, 2.45) is 0 Å². The van der Waals surface area contributed by atoms with Crippen LogP contribution in [0, 0.1) is 0 Å². The predicted octanol–water partition coefficient (Wildman–Crippen LogP) is 7.34. The van der Waals surface area contributed by atoms with Crippen LogP contribution in [0.5, 0.6) is 5.75 Å². The van der Waals surface area contributed by atoms with Crippen molar-refractivity contribution in [3.63, 3.8) is 0 Å². The molecule has 0 spiro atoms. The van der Waals surface area contributed by atoms with E-state index in [-0.39, 0.29) is 18.3 Å². The van der Waals surface area contributed by atoms with Crippen molar-refractivity contribution in [1.29, 1.82) is 0 Å². The Morgan fingerprint density at radius 1 is 0.969 bits per heavy atom. The molecule has 3 aromatic carbocycles. The van der Waals surface area contributed by atoms with Gasteiger partial charge >= 0.3 is 12.1 Å². The van der Waals surface area contributed by atoms with Crippen molar-refractivity contribution in [2.45, 2.75) is 19.7 Å². The normalized spacial score (nSPS) is 11.5. The van der Waals surface area contributed by atoms with Crippen molar-refractivity contribution >= 4 is 27.4 Å². The van der Waals surface area contributed by atoms with Gasteiger partial charge in [-0.25, -0.2) is 4.79 Å². The van der Waals surface area contributed by atoms with Gasteiger partial charge in [0.25, 0.3) is 0 Å². The van der Waals surface area contributed by atoms with E-state index in [1.54, 1.807) is 19.1 Å². The summed E-state index contributed by atoms with van der Waals surface area (Å²) < 4.78 is 50.5. The number of fused-ring (bicyclic) bond motifs is 1. The van der Waals surface area contributed by atoms with Crippen LogP contribution >= 0.6 is 11.3 Å². The Labute approximate surface area is 187 Å². The fourth-order valence-electron chi connectivity index (χ4n) is 3.36. The maximum absolute atomic E-state index is 12.9. The van der Waals surface area contributed by atoms with E-state index in [0.29, 0.717) is 12.2 Å². The van der Waals surface area contributed by atoms with Crippen molar-refractivity contribution in [1.82, 2.24) is 0 Å². The fraction of sp³-hybridized carbons (Fsp3) is 0.160. The minimum absolute atomic E-state index is 0.156. The molecule has 0 saturated heterocycles. The number of halogens is 3.